The predicted molar refractivity (Wildman–Crippen MR) is 98.6 cm³/mol. The van der Waals surface area contributed by atoms with Crippen molar-refractivity contribution in [1.29, 1.82) is 0 Å². The molecule has 0 unspecified atom stereocenters. The van der Waals surface area contributed by atoms with E-state index in [1.807, 2.05) is 24.3 Å². The molecule has 0 aliphatic heterocycles. The van der Waals surface area contributed by atoms with Gasteiger partial charge < -0.3 is 14.5 Å². The highest BCUT2D eigenvalue weighted by Crippen LogP contribution is 2.30. The molecule has 0 saturated heterocycles. The van der Waals surface area contributed by atoms with Crippen molar-refractivity contribution < 1.29 is 13.9 Å². The Balaban J connectivity index is 1.35. The molecule has 4 heteroatoms. The smallest absolute Gasteiger partial charge is 0.224 e. The number of nitrogens with one attached hydrogen (secondary N) is 1. The molecule has 0 atom stereocenters. The predicted octanol–water partition coefficient (Wildman–Crippen LogP) is 4.06. The summed E-state index contributed by atoms with van der Waals surface area (Å²) in [5, 5.41) is 6.31. The van der Waals surface area contributed by atoms with E-state index < -0.39 is 0 Å². The second-order valence-electron chi connectivity index (χ2n) is 6.82. The second-order valence-corrected chi connectivity index (χ2v) is 6.82. The van der Waals surface area contributed by atoms with Crippen LogP contribution >= 0.6 is 0 Å². The number of hydrogen-bond acceptors (Lipinski definition) is 3. The van der Waals surface area contributed by atoms with Crippen LogP contribution in [0.1, 0.15) is 24.8 Å². The molecule has 1 N–H and O–H groups in total. The van der Waals surface area contributed by atoms with Crippen LogP contribution in [-0.2, 0) is 16.0 Å². The molecule has 0 bridgehead atoms. The van der Waals surface area contributed by atoms with E-state index in [0.29, 0.717) is 13.0 Å². The fourth-order valence-electron chi connectivity index (χ4n) is 3.18. The molecule has 0 radical (unpaired) electrons. The zero-order valence-electron chi connectivity index (χ0n) is 14.3. The zero-order chi connectivity index (χ0) is 17.1. The van der Waals surface area contributed by atoms with Crippen molar-refractivity contribution in [3.63, 3.8) is 0 Å². The van der Waals surface area contributed by atoms with E-state index in [0.717, 1.165) is 52.9 Å². The van der Waals surface area contributed by atoms with Gasteiger partial charge in [-0.1, -0.05) is 30.3 Å². The Morgan fingerprint density at radius 2 is 2.08 bits per heavy atom. The van der Waals surface area contributed by atoms with E-state index in [2.05, 4.69) is 17.4 Å². The maximum atomic E-state index is 12.2. The van der Waals surface area contributed by atoms with Crippen molar-refractivity contribution in [2.75, 3.05) is 19.8 Å². The summed E-state index contributed by atoms with van der Waals surface area (Å²) in [4.78, 5) is 12.2. The minimum Gasteiger partial charge on any atom is -0.464 e. The molecule has 0 spiro atoms. The van der Waals surface area contributed by atoms with Crippen LogP contribution in [0.5, 0.6) is 0 Å². The van der Waals surface area contributed by atoms with Crippen LogP contribution in [0.25, 0.3) is 21.7 Å². The van der Waals surface area contributed by atoms with Gasteiger partial charge in [-0.2, -0.15) is 0 Å². The van der Waals surface area contributed by atoms with Crippen LogP contribution < -0.4 is 5.32 Å². The number of furan rings is 1. The van der Waals surface area contributed by atoms with Crippen LogP contribution in [0.2, 0.25) is 0 Å². The quantitative estimate of drug-likeness (QED) is 0.631. The summed E-state index contributed by atoms with van der Waals surface area (Å²) in [5.41, 5.74) is 1.77. The number of benzene rings is 2. The number of amides is 1. The highest BCUT2D eigenvalue weighted by Gasteiger charge is 2.20. The molecule has 1 heterocycles. The monoisotopic (exact) mass is 337 g/mol. The van der Waals surface area contributed by atoms with Crippen molar-refractivity contribution in [3.05, 3.63) is 48.2 Å². The van der Waals surface area contributed by atoms with E-state index in [1.54, 1.807) is 6.26 Å². The Morgan fingerprint density at radius 1 is 1.20 bits per heavy atom. The summed E-state index contributed by atoms with van der Waals surface area (Å²) < 4.78 is 11.2. The average Bonchev–Trinajstić information content (AvgIpc) is 3.37. The van der Waals surface area contributed by atoms with Crippen molar-refractivity contribution in [3.8, 4) is 0 Å². The van der Waals surface area contributed by atoms with Gasteiger partial charge in [0.2, 0.25) is 5.91 Å². The number of hydrogen-bond donors (Lipinski definition) is 1. The van der Waals surface area contributed by atoms with Crippen LogP contribution in [0.3, 0.4) is 0 Å². The molecule has 130 valence electrons. The lowest BCUT2D eigenvalue weighted by Gasteiger charge is -2.06. The van der Waals surface area contributed by atoms with E-state index >= 15 is 0 Å². The molecule has 1 saturated carbocycles. The maximum absolute atomic E-state index is 12.2. The molecule has 1 aliphatic rings. The van der Waals surface area contributed by atoms with Gasteiger partial charge in [0.1, 0.15) is 5.58 Å². The third-order valence-corrected chi connectivity index (χ3v) is 4.73. The lowest BCUT2D eigenvalue weighted by atomic mass is 10.0. The van der Waals surface area contributed by atoms with Gasteiger partial charge in [0.05, 0.1) is 12.7 Å². The lowest BCUT2D eigenvalue weighted by Crippen LogP contribution is -2.26. The van der Waals surface area contributed by atoms with Gasteiger partial charge in [-0.3, -0.25) is 4.79 Å². The van der Waals surface area contributed by atoms with Gasteiger partial charge >= 0.3 is 0 Å². The fourth-order valence-corrected chi connectivity index (χ4v) is 3.18. The molecule has 1 aliphatic carbocycles. The van der Waals surface area contributed by atoms with Gasteiger partial charge in [0.25, 0.3) is 0 Å². The topological polar surface area (TPSA) is 51.5 Å². The van der Waals surface area contributed by atoms with Gasteiger partial charge in [0.15, 0.2) is 0 Å². The van der Waals surface area contributed by atoms with Crippen molar-refractivity contribution >= 4 is 27.6 Å². The molecule has 25 heavy (non-hydrogen) atoms. The summed E-state index contributed by atoms with van der Waals surface area (Å²) in [6.07, 6.45) is 5.51. The highest BCUT2D eigenvalue weighted by molar-refractivity contribution is 6.08. The second kappa shape index (κ2) is 7.28. The van der Waals surface area contributed by atoms with Gasteiger partial charge in [0, 0.05) is 30.7 Å². The fraction of sp³-hybridized carbons (Fsp3) is 0.381. The van der Waals surface area contributed by atoms with E-state index in [9.17, 15) is 4.79 Å². The van der Waals surface area contributed by atoms with Crippen LogP contribution in [0.15, 0.2) is 47.1 Å². The Hall–Kier alpha value is -2.33. The summed E-state index contributed by atoms with van der Waals surface area (Å²) in [6.45, 7) is 2.25. The van der Waals surface area contributed by atoms with E-state index in [4.69, 9.17) is 9.15 Å². The van der Waals surface area contributed by atoms with E-state index in [-0.39, 0.29) is 5.91 Å². The summed E-state index contributed by atoms with van der Waals surface area (Å²) in [5.74, 6) is 0.816. The SMILES string of the molecule is O=C(Cc1coc2ccc3ccccc3c12)NCCCOCC1CC1. The first kappa shape index (κ1) is 16.2. The standard InChI is InChI=1S/C21H23NO3/c23-20(22-10-3-11-24-13-15-6-7-15)12-17-14-25-19-9-8-16-4-1-2-5-18(16)21(17)19/h1-2,4-5,8-9,14-15H,3,6-7,10-13H2,(H,22,23). The normalized spacial score (nSPS) is 14.2. The van der Waals surface area contributed by atoms with Crippen LogP contribution in [-0.4, -0.2) is 25.7 Å². The minimum atomic E-state index is 0.0258. The van der Waals surface area contributed by atoms with Crippen LogP contribution in [0, 0.1) is 5.92 Å². The zero-order valence-corrected chi connectivity index (χ0v) is 14.3. The van der Waals surface area contributed by atoms with Gasteiger partial charge in [-0.15, -0.1) is 0 Å². The summed E-state index contributed by atoms with van der Waals surface area (Å²) in [7, 11) is 0. The van der Waals surface area contributed by atoms with Crippen molar-refractivity contribution in [1.82, 2.24) is 5.32 Å². The third-order valence-electron chi connectivity index (χ3n) is 4.73. The molecule has 1 amide bonds. The molecule has 2 aromatic carbocycles. The average molecular weight is 337 g/mol. The first-order valence-electron chi connectivity index (χ1n) is 9.03. The number of carbonyl (C=O) groups is 1. The molecule has 4 nitrogen and oxygen atoms in total. The molecular formula is C21H23NO3. The number of rotatable bonds is 8. The summed E-state index contributed by atoms with van der Waals surface area (Å²) in [6, 6.07) is 12.2. The molecule has 4 rings (SSSR count). The Labute approximate surface area is 147 Å². The van der Waals surface area contributed by atoms with Crippen molar-refractivity contribution in [2.45, 2.75) is 25.7 Å². The Bertz CT molecular complexity index is 879. The molecule has 1 fully saturated rings. The number of fused-ring (bicyclic) bond motifs is 3. The van der Waals surface area contributed by atoms with Gasteiger partial charge in [-0.05, 0) is 42.0 Å². The molecule has 3 aromatic rings. The number of carbonyl (C=O) groups excluding carboxylic acids is 1. The highest BCUT2D eigenvalue weighted by atomic mass is 16.5. The summed E-state index contributed by atoms with van der Waals surface area (Å²) >= 11 is 0. The third kappa shape index (κ3) is 3.85. The van der Waals surface area contributed by atoms with Gasteiger partial charge in [-0.25, -0.2) is 0 Å². The van der Waals surface area contributed by atoms with E-state index in [1.165, 1.54) is 12.8 Å². The molecular weight excluding hydrogens is 314 g/mol. The van der Waals surface area contributed by atoms with Crippen LogP contribution in [0.4, 0.5) is 0 Å². The first-order valence-corrected chi connectivity index (χ1v) is 9.03. The number of ether oxygens (including phenoxy) is 1. The molecule has 1 aromatic heterocycles. The lowest BCUT2D eigenvalue weighted by molar-refractivity contribution is -0.120. The Morgan fingerprint density at radius 3 is 2.96 bits per heavy atom. The minimum absolute atomic E-state index is 0.0258. The first-order chi connectivity index (χ1) is 12.3. The maximum Gasteiger partial charge on any atom is 0.224 e. The Kier molecular flexibility index (Phi) is 4.70. The largest absolute Gasteiger partial charge is 0.464 e. The van der Waals surface area contributed by atoms with Crippen molar-refractivity contribution in [2.24, 2.45) is 5.92 Å².